The van der Waals surface area contributed by atoms with Gasteiger partial charge in [-0.15, -0.1) is 0 Å². The summed E-state index contributed by atoms with van der Waals surface area (Å²) in [6.45, 7) is 26.4. The van der Waals surface area contributed by atoms with Crippen molar-refractivity contribution in [2.75, 3.05) is 46.9 Å². The molecule has 10 heteroatoms. The van der Waals surface area contributed by atoms with Crippen LogP contribution in [0.4, 0.5) is 0 Å². The zero-order valence-corrected chi connectivity index (χ0v) is 34.3. The summed E-state index contributed by atoms with van der Waals surface area (Å²) < 4.78 is 4.83. The Morgan fingerprint density at radius 1 is 1.02 bits per heavy atom. The lowest BCUT2D eigenvalue weighted by Crippen LogP contribution is -2.24. The third-order valence-corrected chi connectivity index (χ3v) is 8.06. The van der Waals surface area contributed by atoms with Gasteiger partial charge in [0, 0.05) is 36.8 Å². The Kier molecular flexibility index (Phi) is 39.8. The smallest absolute Gasteiger partial charge is 0.136 e. The molecule has 8 N–H and O–H groups in total. The van der Waals surface area contributed by atoms with Gasteiger partial charge in [0.05, 0.1) is 19.9 Å². The molecule has 0 bridgehead atoms. The first-order valence-electron chi connectivity index (χ1n) is 18.9. The Hall–Kier alpha value is -3.80. The third-order valence-electron chi connectivity index (χ3n) is 8.06. The molecule has 53 heavy (non-hydrogen) atoms. The Morgan fingerprint density at radius 2 is 1.66 bits per heavy atom. The van der Waals surface area contributed by atoms with Crippen LogP contribution in [-0.4, -0.2) is 64.4 Å². The standard InChI is InChI=1S/C17H30N2O.C10H14N2.C6H13N.C5H6O.C3H7NO2.C2H6/c1-5-6-8-16(4)19-10-7-9-17(13-20)11-14(2)15(3)12-18;1-8(12)6-9-4-2-3-5-10(9)7-11;1-7-5-3-2-4-6-7;1-5-3-2-4-6-5;1-6-4-2-3-5;1-2/h5-6,8,13-15,17,19H,1,4,7,9-12,18H2,2-3H3;2-5H,1,6-7,11-12H2;2-6H2,1H3;2-4H,1H3;3-4H,2H2,1H3;1-2H3/b8-6-;;;;;. The molecule has 3 atom stereocenters. The van der Waals surface area contributed by atoms with Gasteiger partial charge in [0.2, 0.25) is 0 Å². The van der Waals surface area contributed by atoms with E-state index in [4.69, 9.17) is 21.6 Å². The normalized spacial score (nSPS) is 13.5. The maximum absolute atomic E-state index is 11.1. The van der Waals surface area contributed by atoms with E-state index in [-0.39, 0.29) is 12.5 Å². The number of aryl methyl sites for hydroxylation is 1. The minimum Gasteiger partial charge on any atom is -0.470 e. The number of rotatable bonds is 18. The number of aldehydes is 2. The van der Waals surface area contributed by atoms with Gasteiger partial charge in [0.25, 0.3) is 0 Å². The molecule has 0 aliphatic carbocycles. The molecule has 1 aromatic heterocycles. The number of carbonyl (C=O) groups is 2. The molecule has 2 heterocycles. The molecule has 10 nitrogen and oxygen atoms in total. The first-order chi connectivity index (χ1) is 25.5. The number of furan rings is 1. The predicted molar refractivity (Wildman–Crippen MR) is 226 cm³/mol. The molecule has 3 unspecified atom stereocenters. The SMILES string of the molecule is C=C(N)Cc1ccccc1CN.C=C/C=C\C(=C)NCCCC(C=O)CC(C)C(C)CN.CC.CN1CCCCC1.CONCC=O.Cc1ccco1. The summed E-state index contributed by atoms with van der Waals surface area (Å²) in [6.07, 6.45) is 16.7. The van der Waals surface area contributed by atoms with Crippen LogP contribution < -0.4 is 28.0 Å². The summed E-state index contributed by atoms with van der Waals surface area (Å²) in [4.78, 5) is 27.2. The maximum atomic E-state index is 11.1. The van der Waals surface area contributed by atoms with Crippen LogP contribution >= 0.6 is 0 Å². The van der Waals surface area contributed by atoms with Crippen LogP contribution in [0.3, 0.4) is 0 Å². The Labute approximate surface area is 323 Å². The van der Waals surface area contributed by atoms with E-state index in [1.165, 1.54) is 45.0 Å². The Bertz CT molecular complexity index is 1180. The van der Waals surface area contributed by atoms with Crippen molar-refractivity contribution in [1.29, 1.82) is 0 Å². The van der Waals surface area contributed by atoms with Crippen molar-refractivity contribution in [2.45, 2.75) is 86.1 Å². The number of nitrogens with one attached hydrogen (secondary N) is 2. The molecule has 3 rings (SSSR count). The molecule has 1 saturated heterocycles. The highest BCUT2D eigenvalue weighted by Gasteiger charge is 2.16. The molecule has 0 radical (unpaired) electrons. The summed E-state index contributed by atoms with van der Waals surface area (Å²) in [6, 6.07) is 11.8. The van der Waals surface area contributed by atoms with Gasteiger partial charge in [0.15, 0.2) is 0 Å². The lowest BCUT2D eigenvalue weighted by molar-refractivity contribution is -0.112. The topological polar surface area (TPSA) is 162 Å². The van der Waals surface area contributed by atoms with Gasteiger partial charge in [-0.05, 0) is 107 Å². The van der Waals surface area contributed by atoms with Crippen molar-refractivity contribution < 1.29 is 18.8 Å². The van der Waals surface area contributed by atoms with Gasteiger partial charge in [-0.25, -0.2) is 0 Å². The molecule has 0 spiro atoms. The average molecular weight is 741 g/mol. The second-order valence-electron chi connectivity index (χ2n) is 12.6. The minimum absolute atomic E-state index is 0.137. The summed E-state index contributed by atoms with van der Waals surface area (Å²) in [5.41, 5.74) is 22.9. The first-order valence-corrected chi connectivity index (χ1v) is 18.9. The van der Waals surface area contributed by atoms with E-state index >= 15 is 0 Å². The van der Waals surface area contributed by atoms with E-state index in [1.54, 1.807) is 12.3 Å². The Morgan fingerprint density at radius 3 is 2.06 bits per heavy atom. The number of benzene rings is 1. The molecule has 1 aliphatic heterocycles. The number of carbonyl (C=O) groups excluding carboxylic acids is 2. The van der Waals surface area contributed by atoms with Crippen LogP contribution in [-0.2, 0) is 27.4 Å². The highest BCUT2D eigenvalue weighted by atomic mass is 16.6. The molecule has 1 aliphatic rings. The van der Waals surface area contributed by atoms with Crippen molar-refractivity contribution in [3.05, 3.63) is 109 Å². The van der Waals surface area contributed by atoms with E-state index in [9.17, 15) is 9.59 Å². The van der Waals surface area contributed by atoms with Gasteiger partial charge in [-0.3, -0.25) is 0 Å². The van der Waals surface area contributed by atoms with E-state index in [2.05, 4.69) is 61.2 Å². The van der Waals surface area contributed by atoms with Gasteiger partial charge >= 0.3 is 0 Å². The van der Waals surface area contributed by atoms with Gasteiger partial charge in [0.1, 0.15) is 18.3 Å². The molecular formula is C43H76N6O4. The van der Waals surface area contributed by atoms with Crippen molar-refractivity contribution in [1.82, 2.24) is 15.7 Å². The van der Waals surface area contributed by atoms with Crippen LogP contribution in [0.25, 0.3) is 0 Å². The van der Waals surface area contributed by atoms with Crippen LogP contribution in [0.2, 0.25) is 0 Å². The summed E-state index contributed by atoms with van der Waals surface area (Å²) >= 11 is 0. The number of nitrogens with two attached hydrogens (primary N) is 3. The fourth-order valence-corrected chi connectivity index (χ4v) is 4.74. The number of hydroxylamine groups is 1. The zero-order valence-electron chi connectivity index (χ0n) is 34.3. The summed E-state index contributed by atoms with van der Waals surface area (Å²) in [5.74, 6) is 2.07. The number of piperidine rings is 1. The van der Waals surface area contributed by atoms with E-state index in [0.29, 0.717) is 37.0 Å². The fourth-order valence-electron chi connectivity index (χ4n) is 4.74. The lowest BCUT2D eigenvalue weighted by Gasteiger charge is -2.21. The number of hydrogen-bond acceptors (Lipinski definition) is 10. The number of nitrogens with zero attached hydrogens (tertiary/aromatic N) is 1. The first kappa shape index (κ1) is 53.6. The molecule has 0 saturated carbocycles. The molecule has 0 amide bonds. The third kappa shape index (κ3) is 35.0. The minimum atomic E-state index is 0.137. The molecule has 1 aromatic carbocycles. The highest BCUT2D eigenvalue weighted by molar-refractivity contribution is 5.53. The van der Waals surface area contributed by atoms with Gasteiger partial charge in [-0.1, -0.05) is 90.3 Å². The van der Waals surface area contributed by atoms with Crippen LogP contribution in [0.1, 0.15) is 83.1 Å². The quantitative estimate of drug-likeness (QED) is 0.0455. The van der Waals surface area contributed by atoms with E-state index in [0.717, 1.165) is 55.4 Å². The number of likely N-dealkylation sites (tertiary alicyclic amines) is 1. The largest absolute Gasteiger partial charge is 0.470 e. The lowest BCUT2D eigenvalue weighted by atomic mass is 9.85. The second kappa shape index (κ2) is 39.4. The molecular weight excluding hydrogens is 665 g/mol. The van der Waals surface area contributed by atoms with Crippen LogP contribution in [0, 0.1) is 24.7 Å². The highest BCUT2D eigenvalue weighted by Crippen LogP contribution is 2.21. The number of hydrogen-bond donors (Lipinski definition) is 5. The molecule has 2 aromatic rings. The Balaban J connectivity index is -0.000000637. The predicted octanol–water partition coefficient (Wildman–Crippen LogP) is 7.26. The maximum Gasteiger partial charge on any atom is 0.136 e. The summed E-state index contributed by atoms with van der Waals surface area (Å²) in [7, 11) is 3.66. The van der Waals surface area contributed by atoms with Crippen molar-refractivity contribution in [3.63, 3.8) is 0 Å². The molecule has 302 valence electrons. The average Bonchev–Trinajstić information content (AvgIpc) is 3.66. The fraction of sp³-hybridized carbons (Fsp3) is 0.535. The van der Waals surface area contributed by atoms with Gasteiger partial charge < -0.3 is 46.3 Å². The van der Waals surface area contributed by atoms with E-state index in [1.807, 2.05) is 69.3 Å². The van der Waals surface area contributed by atoms with Crippen molar-refractivity contribution in [2.24, 2.45) is 35.0 Å². The summed E-state index contributed by atoms with van der Waals surface area (Å²) in [5, 5.41) is 3.22. The van der Waals surface area contributed by atoms with Crippen molar-refractivity contribution >= 4 is 12.6 Å². The zero-order chi connectivity index (χ0) is 40.7. The van der Waals surface area contributed by atoms with Gasteiger partial charge in [-0.2, -0.15) is 5.48 Å². The van der Waals surface area contributed by atoms with Crippen LogP contribution in [0.15, 0.2) is 96.4 Å². The van der Waals surface area contributed by atoms with Crippen molar-refractivity contribution in [3.8, 4) is 0 Å². The van der Waals surface area contributed by atoms with E-state index < -0.39 is 0 Å². The molecule has 1 fully saturated rings. The van der Waals surface area contributed by atoms with Crippen LogP contribution in [0.5, 0.6) is 0 Å². The second-order valence-corrected chi connectivity index (χ2v) is 12.6. The monoisotopic (exact) mass is 741 g/mol. The number of allylic oxidation sites excluding steroid dienone is 4.